The summed E-state index contributed by atoms with van der Waals surface area (Å²) in [5.41, 5.74) is 1.90. The number of aryl methyl sites for hydroxylation is 2. The van der Waals surface area contributed by atoms with E-state index in [1.165, 1.54) is 12.1 Å². The van der Waals surface area contributed by atoms with Gasteiger partial charge in [0.25, 0.3) is 0 Å². The highest BCUT2D eigenvalue weighted by atomic mass is 19.4. The summed E-state index contributed by atoms with van der Waals surface area (Å²) in [7, 11) is 3.58. The highest BCUT2D eigenvalue weighted by Crippen LogP contribution is 2.31. The predicted octanol–water partition coefficient (Wildman–Crippen LogP) is 3.06. The molecule has 0 radical (unpaired) electrons. The van der Waals surface area contributed by atoms with Crippen LogP contribution in [0, 0.1) is 6.92 Å². The molecule has 1 N–H and O–H groups in total. The average molecular weight is 283 g/mol. The molecule has 1 heterocycles. The first-order valence-corrected chi connectivity index (χ1v) is 6.18. The van der Waals surface area contributed by atoms with Gasteiger partial charge in [0.15, 0.2) is 0 Å². The molecule has 0 bridgehead atoms. The molecule has 108 valence electrons. The summed E-state index contributed by atoms with van der Waals surface area (Å²) in [5.74, 6) is 0. The van der Waals surface area contributed by atoms with Gasteiger partial charge in [0.1, 0.15) is 0 Å². The maximum atomic E-state index is 12.6. The van der Waals surface area contributed by atoms with Gasteiger partial charge in [0.2, 0.25) is 0 Å². The number of aromatic nitrogens is 2. The van der Waals surface area contributed by atoms with E-state index in [2.05, 4.69) is 10.4 Å². The fraction of sp³-hybridized carbons (Fsp3) is 0.357. The van der Waals surface area contributed by atoms with Crippen molar-refractivity contribution in [2.24, 2.45) is 7.05 Å². The van der Waals surface area contributed by atoms with Crippen molar-refractivity contribution in [3.05, 3.63) is 52.8 Å². The molecule has 20 heavy (non-hydrogen) atoms. The van der Waals surface area contributed by atoms with E-state index < -0.39 is 11.7 Å². The number of alkyl halides is 3. The SMILES string of the molecule is CNC(c1ccc(C(F)(F)F)cc1)c1cc(C)nn1C. The average Bonchev–Trinajstić information content (AvgIpc) is 2.69. The molecule has 0 fully saturated rings. The molecule has 0 amide bonds. The van der Waals surface area contributed by atoms with Crippen molar-refractivity contribution in [1.29, 1.82) is 0 Å². The Balaban J connectivity index is 2.35. The van der Waals surface area contributed by atoms with Gasteiger partial charge in [-0.3, -0.25) is 4.68 Å². The minimum absolute atomic E-state index is 0.191. The van der Waals surface area contributed by atoms with Crippen LogP contribution < -0.4 is 5.32 Å². The molecule has 1 aromatic heterocycles. The number of nitrogens with one attached hydrogen (secondary N) is 1. The Morgan fingerprint density at radius 1 is 1.20 bits per heavy atom. The molecular formula is C14H16F3N3. The Bertz CT molecular complexity index is 585. The van der Waals surface area contributed by atoms with Gasteiger partial charge in [0, 0.05) is 7.05 Å². The largest absolute Gasteiger partial charge is 0.416 e. The van der Waals surface area contributed by atoms with Gasteiger partial charge in [-0.25, -0.2) is 0 Å². The zero-order valence-corrected chi connectivity index (χ0v) is 11.5. The van der Waals surface area contributed by atoms with E-state index in [9.17, 15) is 13.2 Å². The molecule has 1 unspecified atom stereocenters. The lowest BCUT2D eigenvalue weighted by molar-refractivity contribution is -0.137. The molecule has 0 saturated heterocycles. The Labute approximate surface area is 115 Å². The quantitative estimate of drug-likeness (QED) is 0.938. The molecule has 1 aromatic carbocycles. The second-order valence-electron chi connectivity index (χ2n) is 4.68. The molecule has 2 aromatic rings. The lowest BCUT2D eigenvalue weighted by atomic mass is 10.0. The van der Waals surface area contributed by atoms with Crippen LogP contribution in [0.15, 0.2) is 30.3 Å². The zero-order chi connectivity index (χ0) is 14.9. The molecule has 2 rings (SSSR count). The summed E-state index contributed by atoms with van der Waals surface area (Å²) >= 11 is 0. The van der Waals surface area contributed by atoms with Crippen LogP contribution in [0.3, 0.4) is 0 Å². The third kappa shape index (κ3) is 2.85. The number of hydrogen-bond acceptors (Lipinski definition) is 2. The first kappa shape index (κ1) is 14.6. The summed E-state index contributed by atoms with van der Waals surface area (Å²) in [5, 5.41) is 7.36. The summed E-state index contributed by atoms with van der Waals surface area (Å²) in [6.45, 7) is 1.88. The lowest BCUT2D eigenvalue weighted by Crippen LogP contribution is -2.20. The van der Waals surface area contributed by atoms with Gasteiger partial charge in [-0.1, -0.05) is 12.1 Å². The van der Waals surface area contributed by atoms with Crippen molar-refractivity contribution in [2.45, 2.75) is 19.1 Å². The van der Waals surface area contributed by atoms with Gasteiger partial charge < -0.3 is 5.32 Å². The van der Waals surface area contributed by atoms with Crippen LogP contribution >= 0.6 is 0 Å². The Kier molecular flexibility index (Phi) is 3.85. The van der Waals surface area contributed by atoms with Gasteiger partial charge in [0.05, 0.1) is 23.0 Å². The first-order valence-electron chi connectivity index (χ1n) is 6.18. The van der Waals surface area contributed by atoms with E-state index in [0.29, 0.717) is 0 Å². The van der Waals surface area contributed by atoms with E-state index in [1.807, 2.05) is 20.0 Å². The number of halogens is 3. The minimum Gasteiger partial charge on any atom is -0.308 e. The van der Waals surface area contributed by atoms with Gasteiger partial charge in [-0.2, -0.15) is 18.3 Å². The standard InChI is InChI=1S/C14H16F3N3/c1-9-8-12(20(3)19-9)13(18-2)10-4-6-11(7-5-10)14(15,16)17/h4-8,13,18H,1-3H3. The Morgan fingerprint density at radius 3 is 2.20 bits per heavy atom. The fourth-order valence-electron chi connectivity index (χ4n) is 2.25. The van der Waals surface area contributed by atoms with Crippen molar-refractivity contribution < 1.29 is 13.2 Å². The van der Waals surface area contributed by atoms with Crippen LogP contribution in [0.1, 0.15) is 28.6 Å². The van der Waals surface area contributed by atoms with E-state index in [1.54, 1.807) is 11.7 Å². The Morgan fingerprint density at radius 2 is 1.80 bits per heavy atom. The van der Waals surface area contributed by atoms with Crippen LogP contribution in [0.4, 0.5) is 13.2 Å². The van der Waals surface area contributed by atoms with Crippen molar-refractivity contribution in [1.82, 2.24) is 15.1 Å². The van der Waals surface area contributed by atoms with Crippen LogP contribution in [0.5, 0.6) is 0 Å². The smallest absolute Gasteiger partial charge is 0.308 e. The molecule has 1 atom stereocenters. The molecule has 0 aliphatic heterocycles. The second-order valence-corrected chi connectivity index (χ2v) is 4.68. The fourth-order valence-corrected chi connectivity index (χ4v) is 2.25. The molecule has 0 spiro atoms. The third-order valence-corrected chi connectivity index (χ3v) is 3.19. The van der Waals surface area contributed by atoms with Gasteiger partial charge >= 0.3 is 6.18 Å². The normalized spacial score (nSPS) is 13.5. The zero-order valence-electron chi connectivity index (χ0n) is 11.5. The highest BCUT2D eigenvalue weighted by molar-refractivity contribution is 5.32. The van der Waals surface area contributed by atoms with Gasteiger partial charge in [-0.05, 0) is 37.7 Å². The molecule has 3 nitrogen and oxygen atoms in total. The van der Waals surface area contributed by atoms with Gasteiger partial charge in [-0.15, -0.1) is 0 Å². The molecular weight excluding hydrogens is 267 g/mol. The maximum Gasteiger partial charge on any atom is 0.416 e. The monoisotopic (exact) mass is 283 g/mol. The molecule has 6 heteroatoms. The Hall–Kier alpha value is -1.82. The van der Waals surface area contributed by atoms with Crippen LogP contribution in [-0.2, 0) is 13.2 Å². The lowest BCUT2D eigenvalue weighted by Gasteiger charge is -2.17. The topological polar surface area (TPSA) is 29.9 Å². The van der Waals surface area contributed by atoms with E-state index in [-0.39, 0.29) is 6.04 Å². The van der Waals surface area contributed by atoms with Crippen molar-refractivity contribution in [2.75, 3.05) is 7.05 Å². The number of hydrogen-bond donors (Lipinski definition) is 1. The molecule has 0 aliphatic carbocycles. The van der Waals surface area contributed by atoms with Crippen molar-refractivity contribution >= 4 is 0 Å². The predicted molar refractivity (Wildman–Crippen MR) is 70.3 cm³/mol. The van der Waals surface area contributed by atoms with Crippen LogP contribution in [0.25, 0.3) is 0 Å². The summed E-state index contributed by atoms with van der Waals surface area (Å²) in [6, 6.07) is 6.91. The van der Waals surface area contributed by atoms with E-state index in [4.69, 9.17) is 0 Å². The maximum absolute atomic E-state index is 12.6. The molecule has 0 saturated carbocycles. The minimum atomic E-state index is -4.31. The first-order chi connectivity index (χ1) is 9.32. The van der Waals surface area contributed by atoms with E-state index in [0.717, 1.165) is 29.1 Å². The third-order valence-electron chi connectivity index (χ3n) is 3.19. The second kappa shape index (κ2) is 5.28. The summed E-state index contributed by atoms with van der Waals surface area (Å²) in [4.78, 5) is 0. The van der Waals surface area contributed by atoms with Crippen molar-refractivity contribution in [3.63, 3.8) is 0 Å². The van der Waals surface area contributed by atoms with Crippen LogP contribution in [0.2, 0.25) is 0 Å². The van der Waals surface area contributed by atoms with E-state index >= 15 is 0 Å². The highest BCUT2D eigenvalue weighted by Gasteiger charge is 2.30. The summed E-state index contributed by atoms with van der Waals surface area (Å²) in [6.07, 6.45) is -4.31. The number of benzene rings is 1. The number of nitrogens with zero attached hydrogens (tertiary/aromatic N) is 2. The van der Waals surface area contributed by atoms with Crippen molar-refractivity contribution in [3.8, 4) is 0 Å². The molecule has 0 aliphatic rings. The van der Waals surface area contributed by atoms with Crippen LogP contribution in [-0.4, -0.2) is 16.8 Å². The number of rotatable bonds is 3. The summed E-state index contributed by atoms with van der Waals surface area (Å²) < 4.78 is 39.4.